The summed E-state index contributed by atoms with van der Waals surface area (Å²) < 4.78 is 0. The number of hydrogen-bond acceptors (Lipinski definition) is 2. The molecule has 0 N–H and O–H groups in total. The topological polar surface area (TPSA) is 40.9 Å². The number of benzene rings is 1. The minimum absolute atomic E-state index is 0.0570. The van der Waals surface area contributed by atoms with E-state index in [2.05, 4.69) is 6.07 Å². The third-order valence-electron chi connectivity index (χ3n) is 2.39. The average Bonchev–Trinajstić information content (AvgIpc) is 2.17. The molecule has 0 fully saturated rings. The van der Waals surface area contributed by atoms with Gasteiger partial charge in [0.1, 0.15) is 0 Å². The smallest absolute Gasteiger partial charge is 0.164 e. The van der Waals surface area contributed by atoms with Gasteiger partial charge < -0.3 is 0 Å². The number of Topliss-reactive ketones (excluding diaryl/α,β-unsaturated/α-hetero) is 1. The Hall–Kier alpha value is -1.62. The van der Waals surface area contributed by atoms with Gasteiger partial charge in [-0.2, -0.15) is 5.26 Å². The van der Waals surface area contributed by atoms with Gasteiger partial charge >= 0.3 is 0 Å². The lowest BCUT2D eigenvalue weighted by Crippen LogP contribution is -2.06. The van der Waals surface area contributed by atoms with Gasteiger partial charge in [-0.15, -0.1) is 0 Å². The lowest BCUT2D eigenvalue weighted by molar-refractivity contribution is 0.0972. The molecule has 0 saturated heterocycles. The highest BCUT2D eigenvalue weighted by Gasteiger charge is 2.12. The Balaban J connectivity index is 2.88. The van der Waals surface area contributed by atoms with Gasteiger partial charge in [-0.25, -0.2) is 0 Å². The lowest BCUT2D eigenvalue weighted by atomic mass is 9.96. The van der Waals surface area contributed by atoms with Crippen LogP contribution < -0.4 is 0 Å². The third-order valence-corrected chi connectivity index (χ3v) is 2.39. The van der Waals surface area contributed by atoms with Crippen LogP contribution in [0, 0.1) is 31.1 Å². The van der Waals surface area contributed by atoms with Crippen molar-refractivity contribution in [1.82, 2.24) is 0 Å². The average molecular weight is 201 g/mol. The van der Waals surface area contributed by atoms with E-state index in [0.29, 0.717) is 6.42 Å². The van der Waals surface area contributed by atoms with Crippen molar-refractivity contribution in [3.05, 3.63) is 34.9 Å². The molecule has 0 aliphatic heterocycles. The number of aryl methyl sites for hydroxylation is 2. The van der Waals surface area contributed by atoms with Crippen molar-refractivity contribution in [2.45, 2.75) is 27.2 Å². The maximum absolute atomic E-state index is 11.8. The van der Waals surface area contributed by atoms with Crippen LogP contribution in [0.15, 0.2) is 18.2 Å². The molecule has 2 nitrogen and oxygen atoms in total. The van der Waals surface area contributed by atoms with Gasteiger partial charge in [0.2, 0.25) is 0 Å². The van der Waals surface area contributed by atoms with Crippen LogP contribution in [0.5, 0.6) is 0 Å². The summed E-state index contributed by atoms with van der Waals surface area (Å²) in [7, 11) is 0. The van der Waals surface area contributed by atoms with E-state index < -0.39 is 0 Å². The summed E-state index contributed by atoms with van der Waals surface area (Å²) in [4.78, 5) is 11.8. The van der Waals surface area contributed by atoms with Crippen molar-refractivity contribution in [3.63, 3.8) is 0 Å². The van der Waals surface area contributed by atoms with Crippen LogP contribution in [0.25, 0.3) is 0 Å². The summed E-state index contributed by atoms with van der Waals surface area (Å²) in [5.41, 5.74) is 2.88. The molecule has 1 aromatic carbocycles. The molecular weight excluding hydrogens is 186 g/mol. The van der Waals surface area contributed by atoms with Crippen molar-refractivity contribution < 1.29 is 4.79 Å². The molecule has 0 radical (unpaired) electrons. The zero-order valence-corrected chi connectivity index (χ0v) is 9.37. The minimum atomic E-state index is -0.210. The van der Waals surface area contributed by atoms with E-state index in [9.17, 15) is 4.79 Å². The Morgan fingerprint density at radius 2 is 2.13 bits per heavy atom. The van der Waals surface area contributed by atoms with Gasteiger partial charge in [0.05, 0.1) is 12.0 Å². The first kappa shape index (κ1) is 11.5. The molecular formula is C13H15NO. The normalized spacial score (nSPS) is 11.9. The van der Waals surface area contributed by atoms with Crippen molar-refractivity contribution in [2.75, 3.05) is 0 Å². The van der Waals surface area contributed by atoms with E-state index in [4.69, 9.17) is 5.26 Å². The van der Waals surface area contributed by atoms with Crippen LogP contribution in [0.1, 0.15) is 34.8 Å². The fourth-order valence-corrected chi connectivity index (χ4v) is 1.56. The molecule has 2 heteroatoms. The van der Waals surface area contributed by atoms with E-state index in [1.165, 1.54) is 0 Å². The molecule has 0 saturated carbocycles. The minimum Gasteiger partial charge on any atom is -0.294 e. The number of nitrogens with zero attached hydrogens (tertiary/aromatic N) is 1. The van der Waals surface area contributed by atoms with Gasteiger partial charge in [-0.3, -0.25) is 4.79 Å². The number of ketones is 1. The quantitative estimate of drug-likeness (QED) is 0.705. The Bertz CT molecular complexity index is 415. The summed E-state index contributed by atoms with van der Waals surface area (Å²) in [5.74, 6) is -0.153. The first-order valence-electron chi connectivity index (χ1n) is 5.04. The summed E-state index contributed by atoms with van der Waals surface area (Å²) in [6.07, 6.45) is 0.306. The molecule has 0 aliphatic carbocycles. The van der Waals surface area contributed by atoms with Gasteiger partial charge in [0.25, 0.3) is 0 Å². The molecule has 1 unspecified atom stereocenters. The van der Waals surface area contributed by atoms with Crippen LogP contribution in [0.4, 0.5) is 0 Å². The van der Waals surface area contributed by atoms with Crippen molar-refractivity contribution in [3.8, 4) is 6.07 Å². The Kier molecular flexibility index (Phi) is 3.62. The third kappa shape index (κ3) is 2.92. The monoisotopic (exact) mass is 201 g/mol. The van der Waals surface area contributed by atoms with E-state index >= 15 is 0 Å². The standard InChI is InChI=1S/C13H15NO/c1-9-4-5-12(11(3)6-9)13(15)7-10(2)8-14/h4-6,10H,7H2,1-3H3. The number of hydrogen-bond donors (Lipinski definition) is 0. The van der Waals surface area contributed by atoms with E-state index in [-0.39, 0.29) is 11.7 Å². The second-order valence-electron chi connectivity index (χ2n) is 3.98. The van der Waals surface area contributed by atoms with Crippen molar-refractivity contribution >= 4 is 5.78 Å². The number of nitriles is 1. The molecule has 1 aromatic rings. The van der Waals surface area contributed by atoms with Crippen LogP contribution in [0.3, 0.4) is 0 Å². The van der Waals surface area contributed by atoms with Crippen molar-refractivity contribution in [1.29, 1.82) is 5.26 Å². The number of rotatable bonds is 3. The first-order chi connectivity index (χ1) is 7.04. The molecule has 0 heterocycles. The zero-order chi connectivity index (χ0) is 11.4. The Morgan fingerprint density at radius 1 is 1.47 bits per heavy atom. The van der Waals surface area contributed by atoms with Crippen LogP contribution in [-0.2, 0) is 0 Å². The molecule has 1 atom stereocenters. The fraction of sp³-hybridized carbons (Fsp3) is 0.385. The fourth-order valence-electron chi connectivity index (χ4n) is 1.56. The first-order valence-corrected chi connectivity index (χ1v) is 5.04. The maximum Gasteiger partial charge on any atom is 0.164 e. The van der Waals surface area contributed by atoms with E-state index in [1.54, 1.807) is 6.92 Å². The van der Waals surface area contributed by atoms with Gasteiger partial charge in [-0.05, 0) is 26.3 Å². The second kappa shape index (κ2) is 4.75. The molecule has 0 aliphatic rings. The summed E-state index contributed by atoms with van der Waals surface area (Å²) in [5, 5.41) is 8.64. The lowest BCUT2D eigenvalue weighted by Gasteiger charge is -2.06. The zero-order valence-electron chi connectivity index (χ0n) is 9.37. The molecule has 0 amide bonds. The Labute approximate surface area is 90.5 Å². The van der Waals surface area contributed by atoms with Gasteiger partial charge in [0, 0.05) is 12.0 Å². The van der Waals surface area contributed by atoms with E-state index in [0.717, 1.165) is 16.7 Å². The number of carbonyl (C=O) groups excluding carboxylic acids is 1. The van der Waals surface area contributed by atoms with Gasteiger partial charge in [0.15, 0.2) is 5.78 Å². The van der Waals surface area contributed by atoms with Gasteiger partial charge in [-0.1, -0.05) is 23.8 Å². The largest absolute Gasteiger partial charge is 0.294 e. The molecule has 1 rings (SSSR count). The molecule has 15 heavy (non-hydrogen) atoms. The number of carbonyl (C=O) groups is 1. The molecule has 78 valence electrons. The predicted molar refractivity (Wildman–Crippen MR) is 59.6 cm³/mol. The summed E-state index contributed by atoms with van der Waals surface area (Å²) >= 11 is 0. The van der Waals surface area contributed by atoms with Crippen LogP contribution in [-0.4, -0.2) is 5.78 Å². The maximum atomic E-state index is 11.8. The van der Waals surface area contributed by atoms with Crippen LogP contribution >= 0.6 is 0 Å². The molecule has 0 bridgehead atoms. The van der Waals surface area contributed by atoms with Crippen molar-refractivity contribution in [2.24, 2.45) is 5.92 Å². The highest BCUT2D eigenvalue weighted by molar-refractivity contribution is 5.97. The predicted octanol–water partition coefficient (Wildman–Crippen LogP) is 3.04. The molecule has 0 spiro atoms. The summed E-state index contributed by atoms with van der Waals surface area (Å²) in [6.45, 7) is 5.69. The molecule has 0 aromatic heterocycles. The van der Waals surface area contributed by atoms with E-state index in [1.807, 2.05) is 32.0 Å². The summed E-state index contributed by atoms with van der Waals surface area (Å²) in [6, 6.07) is 7.84. The van der Waals surface area contributed by atoms with Crippen LogP contribution in [0.2, 0.25) is 0 Å². The highest BCUT2D eigenvalue weighted by atomic mass is 16.1. The SMILES string of the molecule is Cc1ccc(C(=O)CC(C)C#N)c(C)c1. The second-order valence-corrected chi connectivity index (χ2v) is 3.98. The Morgan fingerprint density at radius 3 is 2.67 bits per heavy atom. The highest BCUT2D eigenvalue weighted by Crippen LogP contribution is 2.15.